The molecule has 0 N–H and O–H groups in total. The van der Waals surface area contributed by atoms with Gasteiger partial charge < -0.3 is 0 Å². The normalized spacial score (nSPS) is 15.6. The molecule has 1 aliphatic rings. The average molecular weight is 303 g/mol. The maximum atomic E-state index is 13.7. The fourth-order valence-electron chi connectivity index (χ4n) is 2.41. The molecule has 0 saturated carbocycles. The van der Waals surface area contributed by atoms with Crippen LogP contribution in [0.5, 0.6) is 0 Å². The van der Waals surface area contributed by atoms with Crippen molar-refractivity contribution < 1.29 is 13.2 Å². The zero-order valence-corrected chi connectivity index (χ0v) is 11.4. The first kappa shape index (κ1) is 13.0. The van der Waals surface area contributed by atoms with Crippen molar-refractivity contribution in [3.8, 4) is 0 Å². The lowest BCUT2D eigenvalue weighted by atomic mass is 10.1. The highest BCUT2D eigenvalue weighted by molar-refractivity contribution is 7.12. The third-order valence-electron chi connectivity index (χ3n) is 3.31. The Morgan fingerprint density at radius 1 is 1.05 bits per heavy atom. The minimum Gasteiger partial charge on any atom is -0.207 e. The van der Waals surface area contributed by atoms with Crippen molar-refractivity contribution in [2.45, 2.75) is 24.6 Å². The number of fused-ring (bicyclic) bond motifs is 1. The molecular formula is C14H10ClF3S. The van der Waals surface area contributed by atoms with E-state index in [2.05, 4.69) is 0 Å². The number of thiophene rings is 1. The number of benzene rings is 1. The lowest BCUT2D eigenvalue weighted by molar-refractivity contribution is 0.526. The van der Waals surface area contributed by atoms with Gasteiger partial charge in [0.2, 0.25) is 0 Å². The highest BCUT2D eigenvalue weighted by Crippen LogP contribution is 2.40. The summed E-state index contributed by atoms with van der Waals surface area (Å²) in [5, 5.41) is -0.906. The van der Waals surface area contributed by atoms with Crippen LogP contribution in [0.3, 0.4) is 0 Å². The standard InChI is InChI=1S/C14H10ClF3S/c15-14(12-4-7-2-1-3-11(7)19-12)13-9(17)5-8(16)6-10(13)18/h4-6,14H,1-3H2. The summed E-state index contributed by atoms with van der Waals surface area (Å²) in [5.41, 5.74) is 0.941. The fraction of sp³-hybridized carbons (Fsp3) is 0.286. The second-order valence-electron chi connectivity index (χ2n) is 4.60. The topological polar surface area (TPSA) is 0 Å². The van der Waals surface area contributed by atoms with E-state index in [1.807, 2.05) is 6.07 Å². The molecular weight excluding hydrogens is 293 g/mol. The predicted molar refractivity (Wildman–Crippen MR) is 70.4 cm³/mol. The number of aryl methyl sites for hydroxylation is 2. The van der Waals surface area contributed by atoms with Crippen molar-refractivity contribution in [2.75, 3.05) is 0 Å². The third-order valence-corrected chi connectivity index (χ3v) is 5.20. The highest BCUT2D eigenvalue weighted by Gasteiger charge is 2.25. The molecule has 0 fully saturated rings. The number of hydrogen-bond acceptors (Lipinski definition) is 1. The van der Waals surface area contributed by atoms with Crippen molar-refractivity contribution in [2.24, 2.45) is 0 Å². The summed E-state index contributed by atoms with van der Waals surface area (Å²) in [6.45, 7) is 0. The van der Waals surface area contributed by atoms with Crippen LogP contribution in [0.2, 0.25) is 0 Å². The molecule has 100 valence electrons. The first-order valence-corrected chi connectivity index (χ1v) is 7.21. The van der Waals surface area contributed by atoms with Crippen LogP contribution in [-0.2, 0) is 12.8 Å². The maximum Gasteiger partial charge on any atom is 0.134 e. The van der Waals surface area contributed by atoms with Crippen LogP contribution in [-0.4, -0.2) is 0 Å². The molecule has 0 aliphatic heterocycles. The Labute approximate surface area is 117 Å². The summed E-state index contributed by atoms with van der Waals surface area (Å²) < 4.78 is 40.3. The van der Waals surface area contributed by atoms with Gasteiger partial charge in [-0.2, -0.15) is 0 Å². The molecule has 3 rings (SSSR count). The first-order chi connectivity index (χ1) is 9.06. The molecule has 0 amide bonds. The molecule has 1 unspecified atom stereocenters. The summed E-state index contributed by atoms with van der Waals surface area (Å²) in [6, 6.07) is 3.23. The summed E-state index contributed by atoms with van der Waals surface area (Å²) >= 11 is 7.66. The van der Waals surface area contributed by atoms with Gasteiger partial charge in [-0.3, -0.25) is 0 Å². The summed E-state index contributed by atoms with van der Waals surface area (Å²) in [4.78, 5) is 1.96. The van der Waals surface area contributed by atoms with E-state index in [-0.39, 0.29) is 5.56 Å². The van der Waals surface area contributed by atoms with Gasteiger partial charge in [0.25, 0.3) is 0 Å². The van der Waals surface area contributed by atoms with Crippen LogP contribution in [0.1, 0.15) is 32.7 Å². The number of alkyl halides is 1. The van der Waals surface area contributed by atoms with E-state index in [0.717, 1.165) is 24.1 Å². The maximum absolute atomic E-state index is 13.7. The SMILES string of the molecule is Fc1cc(F)c(C(Cl)c2cc3c(s2)CCC3)c(F)c1. The van der Waals surface area contributed by atoms with E-state index in [9.17, 15) is 13.2 Å². The third kappa shape index (κ3) is 2.28. The van der Waals surface area contributed by atoms with Crippen molar-refractivity contribution in [3.63, 3.8) is 0 Å². The van der Waals surface area contributed by atoms with Crippen molar-refractivity contribution in [1.82, 2.24) is 0 Å². The van der Waals surface area contributed by atoms with Gasteiger partial charge in [-0.05, 0) is 30.9 Å². The van der Waals surface area contributed by atoms with Crippen LogP contribution < -0.4 is 0 Å². The summed E-state index contributed by atoms with van der Waals surface area (Å²) in [7, 11) is 0. The Hall–Kier alpha value is -1.00. The second-order valence-corrected chi connectivity index (χ2v) is 6.20. The average Bonchev–Trinajstić information content (AvgIpc) is 2.86. The summed E-state index contributed by atoms with van der Waals surface area (Å²) in [6.07, 6.45) is 3.11. The number of halogens is 4. The zero-order valence-electron chi connectivity index (χ0n) is 9.85. The van der Waals surface area contributed by atoms with Crippen LogP contribution >= 0.6 is 22.9 Å². The lowest BCUT2D eigenvalue weighted by Crippen LogP contribution is -2.01. The molecule has 2 aromatic rings. The van der Waals surface area contributed by atoms with Gasteiger partial charge in [-0.1, -0.05) is 0 Å². The molecule has 19 heavy (non-hydrogen) atoms. The van der Waals surface area contributed by atoms with Crippen LogP contribution in [0.25, 0.3) is 0 Å². The summed E-state index contributed by atoms with van der Waals surface area (Å²) in [5.74, 6) is -2.81. The van der Waals surface area contributed by atoms with Crippen LogP contribution in [0, 0.1) is 17.5 Å². The molecule has 0 nitrogen and oxygen atoms in total. The molecule has 0 bridgehead atoms. The van der Waals surface area contributed by atoms with Gasteiger partial charge in [0.1, 0.15) is 17.5 Å². The van der Waals surface area contributed by atoms with Crippen molar-refractivity contribution >= 4 is 22.9 Å². The van der Waals surface area contributed by atoms with E-state index in [1.165, 1.54) is 21.8 Å². The largest absolute Gasteiger partial charge is 0.207 e. The Balaban J connectivity index is 2.01. The number of hydrogen-bond donors (Lipinski definition) is 0. The monoisotopic (exact) mass is 302 g/mol. The van der Waals surface area contributed by atoms with Gasteiger partial charge in [0.15, 0.2) is 0 Å². The van der Waals surface area contributed by atoms with Crippen LogP contribution in [0.15, 0.2) is 18.2 Å². The zero-order chi connectivity index (χ0) is 13.6. The quantitative estimate of drug-likeness (QED) is 0.686. The van der Waals surface area contributed by atoms with Gasteiger partial charge >= 0.3 is 0 Å². The van der Waals surface area contributed by atoms with E-state index < -0.39 is 22.8 Å². The fourth-order valence-corrected chi connectivity index (χ4v) is 4.07. The van der Waals surface area contributed by atoms with E-state index in [0.29, 0.717) is 12.1 Å². The molecule has 0 radical (unpaired) electrons. The molecule has 0 saturated heterocycles. The smallest absolute Gasteiger partial charge is 0.134 e. The molecule has 1 aliphatic carbocycles. The molecule has 5 heteroatoms. The number of rotatable bonds is 2. The van der Waals surface area contributed by atoms with E-state index in [4.69, 9.17) is 11.6 Å². The van der Waals surface area contributed by atoms with Crippen LogP contribution in [0.4, 0.5) is 13.2 Å². The van der Waals surface area contributed by atoms with Crippen molar-refractivity contribution in [1.29, 1.82) is 0 Å². The molecule has 1 atom stereocenters. The molecule has 1 aromatic heterocycles. The Morgan fingerprint density at radius 3 is 2.37 bits per heavy atom. The van der Waals surface area contributed by atoms with Gasteiger partial charge in [-0.15, -0.1) is 22.9 Å². The molecule has 1 aromatic carbocycles. The Kier molecular flexibility index (Phi) is 3.31. The Bertz CT molecular complexity index is 591. The van der Waals surface area contributed by atoms with Gasteiger partial charge in [0, 0.05) is 27.5 Å². The minimum atomic E-state index is -0.939. The minimum absolute atomic E-state index is 0.275. The molecule has 0 spiro atoms. The van der Waals surface area contributed by atoms with Crippen molar-refractivity contribution in [3.05, 3.63) is 56.5 Å². The first-order valence-electron chi connectivity index (χ1n) is 5.96. The lowest BCUT2D eigenvalue weighted by Gasteiger charge is -2.10. The van der Waals surface area contributed by atoms with Gasteiger partial charge in [0.05, 0.1) is 5.38 Å². The van der Waals surface area contributed by atoms with E-state index in [1.54, 1.807) is 0 Å². The highest BCUT2D eigenvalue weighted by atomic mass is 35.5. The van der Waals surface area contributed by atoms with Gasteiger partial charge in [-0.25, -0.2) is 13.2 Å². The predicted octanol–water partition coefficient (Wildman–Crippen LogP) is 4.98. The second kappa shape index (κ2) is 4.84. The Morgan fingerprint density at radius 2 is 1.74 bits per heavy atom. The van der Waals surface area contributed by atoms with E-state index >= 15 is 0 Å². The molecule has 1 heterocycles.